The van der Waals surface area contributed by atoms with Crippen molar-refractivity contribution in [3.05, 3.63) is 35.9 Å². The number of alkyl carbamates (subject to hydrolysis) is 1. The van der Waals surface area contributed by atoms with Crippen molar-refractivity contribution in [1.29, 1.82) is 0 Å². The molecule has 1 atom stereocenters. The van der Waals surface area contributed by atoms with Crippen LogP contribution in [0.3, 0.4) is 0 Å². The first-order valence-corrected chi connectivity index (χ1v) is 8.25. The van der Waals surface area contributed by atoms with Gasteiger partial charge in [0.25, 0.3) is 0 Å². The van der Waals surface area contributed by atoms with Crippen LogP contribution in [0.1, 0.15) is 32.8 Å². The first-order chi connectivity index (χ1) is 10.7. The van der Waals surface area contributed by atoms with E-state index in [0.29, 0.717) is 0 Å². The molecule has 1 amide bonds. The molecule has 1 aromatic carbocycles. The highest BCUT2D eigenvalue weighted by Gasteiger charge is 2.17. The Kier molecular flexibility index (Phi) is 10.2. The number of halogens is 1. The molecule has 1 rings (SSSR count). The summed E-state index contributed by atoms with van der Waals surface area (Å²) in [5.41, 5.74) is 0.739. The molecule has 0 aliphatic heterocycles. The number of carbonyl (C=O) groups is 2. The van der Waals surface area contributed by atoms with Gasteiger partial charge in [0.1, 0.15) is 5.60 Å². The van der Waals surface area contributed by atoms with Crippen LogP contribution in [0.5, 0.6) is 0 Å². The van der Waals surface area contributed by atoms with E-state index >= 15 is 0 Å². The van der Waals surface area contributed by atoms with Crippen molar-refractivity contribution >= 4 is 28.0 Å². The Labute approximate surface area is 145 Å². The number of alkyl halides is 1. The van der Waals surface area contributed by atoms with E-state index in [9.17, 15) is 9.59 Å². The Morgan fingerprint density at radius 3 is 2.22 bits per heavy atom. The van der Waals surface area contributed by atoms with Gasteiger partial charge in [0.2, 0.25) is 0 Å². The van der Waals surface area contributed by atoms with E-state index in [4.69, 9.17) is 14.9 Å². The van der Waals surface area contributed by atoms with E-state index in [1.165, 1.54) is 5.56 Å². The second kappa shape index (κ2) is 11.0. The number of carboxylic acids is 1. The second-order valence-electron chi connectivity index (χ2n) is 5.69. The number of ether oxygens (including phenoxy) is 1. The highest BCUT2D eigenvalue weighted by atomic mass is 79.9. The van der Waals surface area contributed by atoms with Crippen LogP contribution in [0.2, 0.25) is 0 Å². The molecule has 0 aromatic heterocycles. The zero-order valence-electron chi connectivity index (χ0n) is 13.6. The zero-order valence-corrected chi connectivity index (χ0v) is 15.2. The number of rotatable bonds is 5. The Morgan fingerprint density at radius 2 is 1.83 bits per heavy atom. The summed E-state index contributed by atoms with van der Waals surface area (Å²) in [4.78, 5) is 21.3. The lowest BCUT2D eigenvalue weighted by Gasteiger charge is -2.19. The van der Waals surface area contributed by atoms with Crippen molar-refractivity contribution in [1.82, 2.24) is 5.32 Å². The number of amides is 1. The van der Waals surface area contributed by atoms with Crippen molar-refractivity contribution in [3.63, 3.8) is 0 Å². The van der Waals surface area contributed by atoms with Crippen LogP contribution < -0.4 is 5.32 Å². The van der Waals surface area contributed by atoms with E-state index in [-0.39, 0.29) is 13.0 Å². The lowest BCUT2D eigenvalue weighted by atomic mass is 10.2. The fourth-order valence-electron chi connectivity index (χ4n) is 1.32. The molecule has 23 heavy (non-hydrogen) atoms. The molecule has 6 nitrogen and oxygen atoms in total. The van der Waals surface area contributed by atoms with Crippen molar-refractivity contribution in [2.24, 2.45) is 0 Å². The molecule has 0 aliphatic rings. The van der Waals surface area contributed by atoms with Crippen molar-refractivity contribution in [3.8, 4) is 0 Å². The van der Waals surface area contributed by atoms with Gasteiger partial charge in [0, 0.05) is 18.3 Å². The van der Waals surface area contributed by atoms with Crippen LogP contribution in [-0.2, 0) is 14.9 Å². The summed E-state index contributed by atoms with van der Waals surface area (Å²) in [6, 6.07) is 10.3. The molecule has 7 heteroatoms. The number of aliphatic hydroxyl groups is 1. The molecule has 0 saturated heterocycles. The number of benzene rings is 1. The predicted molar refractivity (Wildman–Crippen MR) is 91.6 cm³/mol. The number of nitrogens with one attached hydrogen (secondary N) is 1. The van der Waals surface area contributed by atoms with Gasteiger partial charge in [-0.05, 0) is 26.3 Å². The number of hydrogen-bond acceptors (Lipinski definition) is 4. The topological polar surface area (TPSA) is 95.9 Å². The molecular weight excluding hydrogens is 366 g/mol. The number of hydrogen-bond donors (Lipinski definition) is 3. The lowest BCUT2D eigenvalue weighted by Crippen LogP contribution is -2.35. The summed E-state index contributed by atoms with van der Waals surface area (Å²) in [6.07, 6.45) is -2.13. The maximum atomic E-state index is 11.0. The highest BCUT2D eigenvalue weighted by Crippen LogP contribution is 2.06. The van der Waals surface area contributed by atoms with Gasteiger partial charge in [0.15, 0.2) is 6.10 Å². The number of carbonyl (C=O) groups excluding carboxylic acids is 1. The molecule has 3 N–H and O–H groups in total. The fourth-order valence-corrected chi connectivity index (χ4v) is 1.69. The van der Waals surface area contributed by atoms with E-state index in [0.717, 1.165) is 5.33 Å². The van der Waals surface area contributed by atoms with Gasteiger partial charge in [-0.15, -0.1) is 0 Å². The second-order valence-corrected chi connectivity index (χ2v) is 6.25. The third kappa shape index (κ3) is 12.6. The average molecular weight is 390 g/mol. The van der Waals surface area contributed by atoms with E-state index < -0.39 is 23.8 Å². The maximum absolute atomic E-state index is 11.0. The average Bonchev–Trinajstić information content (AvgIpc) is 2.46. The zero-order chi connectivity index (χ0) is 17.9. The first-order valence-electron chi connectivity index (χ1n) is 7.13. The summed E-state index contributed by atoms with van der Waals surface area (Å²) in [6.45, 7) is 5.22. The molecule has 0 heterocycles. The van der Waals surface area contributed by atoms with Gasteiger partial charge in [-0.2, -0.15) is 0 Å². The molecule has 0 radical (unpaired) electrons. The maximum Gasteiger partial charge on any atom is 0.407 e. The molecule has 130 valence electrons. The van der Waals surface area contributed by atoms with Gasteiger partial charge in [0.05, 0.1) is 0 Å². The van der Waals surface area contributed by atoms with Gasteiger partial charge < -0.3 is 20.3 Å². The normalized spacial score (nSPS) is 11.7. The number of aliphatic hydroxyl groups excluding tert-OH is 1. The monoisotopic (exact) mass is 389 g/mol. The van der Waals surface area contributed by atoms with Crippen molar-refractivity contribution in [2.45, 2.75) is 44.2 Å². The largest absolute Gasteiger partial charge is 0.479 e. The van der Waals surface area contributed by atoms with Gasteiger partial charge >= 0.3 is 12.1 Å². The minimum absolute atomic E-state index is 0.0470. The predicted octanol–water partition coefficient (Wildman–Crippen LogP) is 2.93. The third-order valence-electron chi connectivity index (χ3n) is 2.37. The fraction of sp³-hybridized carbons (Fsp3) is 0.500. The minimum Gasteiger partial charge on any atom is -0.479 e. The molecule has 0 bridgehead atoms. The SMILES string of the molecule is BrCc1ccccc1.CC(C)(C)OC(=O)NCCC(O)C(=O)O. The van der Waals surface area contributed by atoms with E-state index in [1.807, 2.05) is 18.2 Å². The Balaban J connectivity index is 0.000000502. The molecule has 0 fully saturated rings. The summed E-state index contributed by atoms with van der Waals surface area (Å²) < 4.78 is 4.90. The molecule has 1 unspecified atom stereocenters. The highest BCUT2D eigenvalue weighted by molar-refractivity contribution is 9.08. The van der Waals surface area contributed by atoms with Crippen LogP contribution >= 0.6 is 15.9 Å². The van der Waals surface area contributed by atoms with E-state index in [1.54, 1.807) is 20.8 Å². The molecule has 1 aromatic rings. The van der Waals surface area contributed by atoms with Gasteiger partial charge in [-0.25, -0.2) is 9.59 Å². The lowest BCUT2D eigenvalue weighted by molar-refractivity contribution is -0.146. The van der Waals surface area contributed by atoms with Crippen molar-refractivity contribution in [2.75, 3.05) is 6.54 Å². The van der Waals surface area contributed by atoms with Crippen molar-refractivity contribution < 1.29 is 24.5 Å². The standard InChI is InChI=1S/C9H17NO5.C7H7Br/c1-9(2,3)15-8(14)10-5-4-6(11)7(12)13;8-6-7-4-2-1-3-5-7/h6,11H,4-5H2,1-3H3,(H,10,14)(H,12,13);1-5H,6H2. The van der Waals surface area contributed by atoms with Gasteiger partial charge in [-0.1, -0.05) is 46.3 Å². The third-order valence-corrected chi connectivity index (χ3v) is 3.02. The van der Waals surface area contributed by atoms with Crippen LogP contribution in [0.4, 0.5) is 4.79 Å². The van der Waals surface area contributed by atoms with E-state index in [2.05, 4.69) is 33.4 Å². The van der Waals surface area contributed by atoms with Gasteiger partial charge in [-0.3, -0.25) is 0 Å². The minimum atomic E-state index is -1.46. The summed E-state index contributed by atoms with van der Waals surface area (Å²) in [5, 5.41) is 20.5. The van der Waals surface area contributed by atoms with Crippen LogP contribution in [0.25, 0.3) is 0 Å². The molecule has 0 saturated carbocycles. The number of aliphatic carboxylic acids is 1. The Morgan fingerprint density at radius 1 is 1.26 bits per heavy atom. The molecule has 0 aliphatic carbocycles. The van der Waals surface area contributed by atoms with Crippen LogP contribution in [0, 0.1) is 0 Å². The van der Waals surface area contributed by atoms with Crippen LogP contribution in [0.15, 0.2) is 30.3 Å². The first kappa shape index (κ1) is 21.4. The smallest absolute Gasteiger partial charge is 0.407 e. The summed E-state index contributed by atoms with van der Waals surface area (Å²) in [5.74, 6) is -1.30. The quantitative estimate of drug-likeness (QED) is 0.672. The Bertz CT molecular complexity index is 473. The Hall–Kier alpha value is -1.60. The van der Waals surface area contributed by atoms with Crippen LogP contribution in [-0.4, -0.2) is 40.5 Å². The summed E-state index contributed by atoms with van der Waals surface area (Å²) in [7, 11) is 0. The summed E-state index contributed by atoms with van der Waals surface area (Å²) >= 11 is 3.36. The molecular formula is C16H24BrNO5. The number of carboxylic acid groups (broad SMARTS) is 1. The molecule has 0 spiro atoms.